The molecule has 0 aliphatic carbocycles. The van der Waals surface area contributed by atoms with Gasteiger partial charge in [-0.2, -0.15) is 0 Å². The maximum absolute atomic E-state index is 4.30. The molecule has 1 N–H and O–H groups in total. The van der Waals surface area contributed by atoms with Crippen molar-refractivity contribution in [3.63, 3.8) is 0 Å². The normalized spacial score (nSPS) is 15.9. The third-order valence-electron chi connectivity index (χ3n) is 3.26. The second-order valence-electron chi connectivity index (χ2n) is 4.59. The number of fused-ring (bicyclic) bond motifs is 1. The molecule has 1 atom stereocenters. The summed E-state index contributed by atoms with van der Waals surface area (Å²) in [5.41, 5.74) is 1.31. The minimum Gasteiger partial charge on any atom is -0.314 e. The van der Waals surface area contributed by atoms with Crippen LogP contribution in [0.5, 0.6) is 0 Å². The fourth-order valence-corrected chi connectivity index (χ4v) is 3.50. The highest BCUT2D eigenvalue weighted by atomic mass is 79.9. The van der Waals surface area contributed by atoms with E-state index in [1.165, 1.54) is 15.8 Å². The van der Waals surface area contributed by atoms with E-state index < -0.39 is 0 Å². The van der Waals surface area contributed by atoms with Crippen LogP contribution >= 0.6 is 27.3 Å². The number of hydrogen-bond donors (Lipinski definition) is 1. The van der Waals surface area contributed by atoms with Gasteiger partial charge in [0.1, 0.15) is 11.6 Å². The Kier molecular flexibility index (Phi) is 3.50. The lowest BCUT2D eigenvalue weighted by molar-refractivity contribution is 0.516. The zero-order valence-electron chi connectivity index (χ0n) is 10.2. The van der Waals surface area contributed by atoms with Crippen molar-refractivity contribution in [2.75, 3.05) is 0 Å². The van der Waals surface area contributed by atoms with Crippen molar-refractivity contribution in [3.05, 3.63) is 32.4 Å². The van der Waals surface area contributed by atoms with Gasteiger partial charge in [0.05, 0.1) is 9.83 Å². The molecule has 0 saturated carbocycles. The molecule has 0 fully saturated rings. The van der Waals surface area contributed by atoms with Gasteiger partial charge in [0, 0.05) is 19.5 Å². The Balaban J connectivity index is 1.66. The average Bonchev–Trinajstić information content (AvgIpc) is 3.01. The van der Waals surface area contributed by atoms with Gasteiger partial charge in [-0.15, -0.1) is 21.5 Å². The summed E-state index contributed by atoms with van der Waals surface area (Å²) in [6, 6.07) is 2.39. The molecule has 3 rings (SSSR count). The van der Waals surface area contributed by atoms with Crippen molar-refractivity contribution in [2.24, 2.45) is 0 Å². The van der Waals surface area contributed by atoms with Crippen LogP contribution in [0.3, 0.4) is 0 Å². The van der Waals surface area contributed by atoms with Crippen LogP contribution in [0.4, 0.5) is 0 Å². The Morgan fingerprint density at radius 2 is 2.44 bits per heavy atom. The highest BCUT2D eigenvalue weighted by Gasteiger charge is 2.20. The Morgan fingerprint density at radius 3 is 3.22 bits per heavy atom. The predicted octanol–water partition coefficient (Wildman–Crippen LogP) is 2.90. The number of aromatic nitrogens is 3. The lowest BCUT2D eigenvalue weighted by Crippen LogP contribution is -2.21. The minimum absolute atomic E-state index is 0.239. The molecule has 0 saturated heterocycles. The first-order chi connectivity index (χ1) is 8.74. The molecular weight excluding hydrogens is 312 g/mol. The van der Waals surface area contributed by atoms with Crippen LogP contribution in [0.2, 0.25) is 0 Å². The first-order valence-electron chi connectivity index (χ1n) is 6.12. The maximum Gasteiger partial charge on any atom is 0.149 e. The van der Waals surface area contributed by atoms with Crippen molar-refractivity contribution >= 4 is 27.3 Å². The standard InChI is InChI=1S/C12H15BrN4S/c1-8(14-6-9-5-10(13)18-7-9)12-16-15-11-3-2-4-17(11)12/h5,7-8,14H,2-4,6H2,1H3. The van der Waals surface area contributed by atoms with Crippen LogP contribution in [0.15, 0.2) is 15.2 Å². The molecule has 96 valence electrons. The third kappa shape index (κ3) is 2.37. The van der Waals surface area contributed by atoms with E-state index in [1.54, 1.807) is 11.3 Å². The van der Waals surface area contributed by atoms with Gasteiger partial charge in [-0.05, 0) is 46.3 Å². The molecule has 1 aliphatic heterocycles. The van der Waals surface area contributed by atoms with Crippen molar-refractivity contribution < 1.29 is 0 Å². The van der Waals surface area contributed by atoms with Crippen LogP contribution in [0, 0.1) is 0 Å². The Morgan fingerprint density at radius 1 is 1.56 bits per heavy atom. The molecule has 2 aromatic rings. The summed E-state index contributed by atoms with van der Waals surface area (Å²) in [6.07, 6.45) is 2.26. The predicted molar refractivity (Wildman–Crippen MR) is 75.6 cm³/mol. The monoisotopic (exact) mass is 326 g/mol. The summed E-state index contributed by atoms with van der Waals surface area (Å²) in [7, 11) is 0. The molecule has 1 aliphatic rings. The van der Waals surface area contributed by atoms with Gasteiger partial charge in [0.2, 0.25) is 0 Å². The van der Waals surface area contributed by atoms with E-state index in [1.807, 2.05) is 0 Å². The van der Waals surface area contributed by atoms with Crippen molar-refractivity contribution in [1.29, 1.82) is 0 Å². The van der Waals surface area contributed by atoms with Crippen molar-refractivity contribution in [2.45, 2.75) is 38.9 Å². The van der Waals surface area contributed by atoms with Gasteiger partial charge in [-0.3, -0.25) is 0 Å². The fourth-order valence-electron chi connectivity index (χ4n) is 2.29. The van der Waals surface area contributed by atoms with E-state index in [0.29, 0.717) is 0 Å². The molecule has 0 bridgehead atoms. The van der Waals surface area contributed by atoms with Crippen LogP contribution in [-0.4, -0.2) is 14.8 Å². The highest BCUT2D eigenvalue weighted by molar-refractivity contribution is 9.11. The summed E-state index contributed by atoms with van der Waals surface area (Å²) < 4.78 is 3.43. The van der Waals surface area contributed by atoms with Gasteiger partial charge in [-0.25, -0.2) is 0 Å². The van der Waals surface area contributed by atoms with Gasteiger partial charge >= 0.3 is 0 Å². The largest absolute Gasteiger partial charge is 0.314 e. The van der Waals surface area contributed by atoms with Gasteiger partial charge in [0.25, 0.3) is 0 Å². The van der Waals surface area contributed by atoms with Crippen LogP contribution < -0.4 is 5.32 Å². The Hall–Kier alpha value is -0.720. The topological polar surface area (TPSA) is 42.7 Å². The van der Waals surface area contributed by atoms with E-state index in [2.05, 4.69) is 54.4 Å². The van der Waals surface area contributed by atoms with Crippen molar-refractivity contribution in [1.82, 2.24) is 20.1 Å². The summed E-state index contributed by atoms with van der Waals surface area (Å²) in [5.74, 6) is 2.20. The molecule has 6 heteroatoms. The molecule has 4 nitrogen and oxygen atoms in total. The number of aryl methyl sites for hydroxylation is 1. The quantitative estimate of drug-likeness (QED) is 0.939. The number of halogens is 1. The third-order valence-corrected chi connectivity index (χ3v) is 4.81. The van der Waals surface area contributed by atoms with E-state index in [9.17, 15) is 0 Å². The first kappa shape index (κ1) is 12.3. The zero-order valence-corrected chi connectivity index (χ0v) is 12.6. The first-order valence-corrected chi connectivity index (χ1v) is 7.79. The van der Waals surface area contributed by atoms with E-state index in [-0.39, 0.29) is 6.04 Å². The average molecular weight is 327 g/mol. The molecule has 0 amide bonds. The molecule has 0 aromatic carbocycles. The maximum atomic E-state index is 4.30. The Bertz CT molecular complexity index is 548. The van der Waals surface area contributed by atoms with Crippen LogP contribution in [-0.2, 0) is 19.5 Å². The van der Waals surface area contributed by atoms with E-state index in [0.717, 1.165) is 31.2 Å². The summed E-state index contributed by atoms with van der Waals surface area (Å²) in [6.45, 7) is 4.08. The molecule has 2 aromatic heterocycles. The minimum atomic E-state index is 0.239. The lowest BCUT2D eigenvalue weighted by atomic mass is 10.2. The second-order valence-corrected chi connectivity index (χ2v) is 6.88. The number of thiophene rings is 1. The van der Waals surface area contributed by atoms with Crippen molar-refractivity contribution in [3.8, 4) is 0 Å². The lowest BCUT2D eigenvalue weighted by Gasteiger charge is -2.13. The molecule has 0 spiro atoms. The summed E-state index contributed by atoms with van der Waals surface area (Å²) >= 11 is 5.20. The molecule has 3 heterocycles. The van der Waals surface area contributed by atoms with Crippen LogP contribution in [0.25, 0.3) is 0 Å². The summed E-state index contributed by atoms with van der Waals surface area (Å²) in [5, 5.41) is 14.2. The van der Waals surface area contributed by atoms with Gasteiger partial charge in [0.15, 0.2) is 0 Å². The SMILES string of the molecule is CC(NCc1csc(Br)c1)c1nnc2n1CCC2. The molecule has 1 unspecified atom stereocenters. The molecule has 18 heavy (non-hydrogen) atoms. The Labute approximate surface area is 119 Å². The van der Waals surface area contributed by atoms with Gasteiger partial charge in [-0.1, -0.05) is 0 Å². The zero-order chi connectivity index (χ0) is 12.5. The fraction of sp³-hybridized carbons (Fsp3) is 0.500. The molecular formula is C12H15BrN4S. The number of rotatable bonds is 4. The summed E-state index contributed by atoms with van der Waals surface area (Å²) in [4.78, 5) is 0. The van der Waals surface area contributed by atoms with E-state index >= 15 is 0 Å². The van der Waals surface area contributed by atoms with Gasteiger partial charge < -0.3 is 9.88 Å². The highest BCUT2D eigenvalue weighted by Crippen LogP contribution is 2.22. The number of hydrogen-bond acceptors (Lipinski definition) is 4. The second kappa shape index (κ2) is 5.11. The number of nitrogens with zero attached hydrogens (tertiary/aromatic N) is 3. The van der Waals surface area contributed by atoms with Crippen LogP contribution in [0.1, 0.15) is 36.6 Å². The smallest absolute Gasteiger partial charge is 0.149 e. The molecule has 0 radical (unpaired) electrons. The number of nitrogens with one attached hydrogen (secondary N) is 1. The van der Waals surface area contributed by atoms with E-state index in [4.69, 9.17) is 0 Å².